The van der Waals surface area contributed by atoms with Gasteiger partial charge in [0.05, 0.1) is 12.8 Å². The van der Waals surface area contributed by atoms with Crippen molar-refractivity contribution in [3.8, 4) is 0 Å². The number of methoxy groups -OCH3 is 1. The number of nitrogens with one attached hydrogen (secondary N) is 2. The lowest BCUT2D eigenvalue weighted by atomic mass is 10.1. The second kappa shape index (κ2) is 7.21. The second-order valence-corrected chi connectivity index (χ2v) is 4.42. The van der Waals surface area contributed by atoms with E-state index in [1.165, 1.54) is 25.3 Å². The van der Waals surface area contributed by atoms with Gasteiger partial charge in [-0.15, -0.1) is 0 Å². The molecule has 0 aliphatic heterocycles. The average molecular weight is 302 g/mol. The minimum Gasteiger partial charge on any atom is -0.453 e. The third-order valence-corrected chi connectivity index (χ3v) is 2.94. The van der Waals surface area contributed by atoms with Gasteiger partial charge in [0.25, 0.3) is 0 Å². The Bertz CT molecular complexity index is 661. The first-order valence-corrected chi connectivity index (χ1v) is 6.56. The van der Waals surface area contributed by atoms with Gasteiger partial charge in [0, 0.05) is 5.56 Å². The predicted octanol–water partition coefficient (Wildman–Crippen LogP) is 2.80. The molecule has 0 aliphatic carbocycles. The normalized spacial score (nSPS) is 11.4. The molecular weight excluding hydrogens is 287 g/mol. The smallest absolute Gasteiger partial charge is 0.408 e. The molecule has 6 heteroatoms. The van der Waals surface area contributed by atoms with Crippen molar-refractivity contribution in [3.05, 3.63) is 66.0 Å². The molecule has 0 saturated heterocycles. The number of Topliss-reactive ketones (excluding diaryl/α,β-unsaturated/α-hetero) is 1. The van der Waals surface area contributed by atoms with Crippen LogP contribution in [0.3, 0.4) is 0 Å². The quantitative estimate of drug-likeness (QED) is 0.658. The zero-order chi connectivity index (χ0) is 15.9. The maximum Gasteiger partial charge on any atom is 0.408 e. The van der Waals surface area contributed by atoms with E-state index in [1.807, 2.05) is 0 Å². The standard InChI is InChI=1S/C16H15FN2O3/c1-22-16(21)19-15(14(20)11-7-3-2-4-8-11)18-13-10-6-5-9-12(13)17/h2-10,15,18H,1H3,(H,19,21). The number of amides is 1. The summed E-state index contributed by atoms with van der Waals surface area (Å²) in [6.45, 7) is 0. The lowest BCUT2D eigenvalue weighted by Crippen LogP contribution is -2.46. The van der Waals surface area contributed by atoms with E-state index in [4.69, 9.17) is 0 Å². The van der Waals surface area contributed by atoms with Crippen LogP contribution in [0.2, 0.25) is 0 Å². The molecule has 0 saturated carbocycles. The van der Waals surface area contributed by atoms with Crippen molar-refractivity contribution >= 4 is 17.6 Å². The number of alkyl carbamates (subject to hydrolysis) is 1. The highest BCUT2D eigenvalue weighted by Crippen LogP contribution is 2.15. The van der Waals surface area contributed by atoms with Crippen LogP contribution < -0.4 is 10.6 Å². The Morgan fingerprint density at radius 2 is 1.68 bits per heavy atom. The fourth-order valence-corrected chi connectivity index (χ4v) is 1.85. The van der Waals surface area contributed by atoms with E-state index < -0.39 is 23.9 Å². The van der Waals surface area contributed by atoms with Gasteiger partial charge in [0.2, 0.25) is 5.78 Å². The number of benzene rings is 2. The molecule has 0 aromatic heterocycles. The number of para-hydroxylation sites is 1. The lowest BCUT2D eigenvalue weighted by Gasteiger charge is -2.20. The van der Waals surface area contributed by atoms with Crippen molar-refractivity contribution in [1.29, 1.82) is 0 Å². The van der Waals surface area contributed by atoms with Gasteiger partial charge in [0.1, 0.15) is 5.82 Å². The molecule has 1 atom stereocenters. The summed E-state index contributed by atoms with van der Waals surface area (Å²) < 4.78 is 18.2. The van der Waals surface area contributed by atoms with Crippen LogP contribution in [0.4, 0.5) is 14.9 Å². The minimum atomic E-state index is -1.15. The van der Waals surface area contributed by atoms with E-state index in [-0.39, 0.29) is 5.69 Å². The maximum absolute atomic E-state index is 13.7. The Morgan fingerprint density at radius 1 is 1.05 bits per heavy atom. The number of ketones is 1. The van der Waals surface area contributed by atoms with Crippen LogP contribution >= 0.6 is 0 Å². The number of carbonyl (C=O) groups excluding carboxylic acids is 2. The number of ether oxygens (including phenoxy) is 1. The molecule has 0 heterocycles. The fraction of sp³-hybridized carbons (Fsp3) is 0.125. The van der Waals surface area contributed by atoms with Crippen molar-refractivity contribution < 1.29 is 18.7 Å². The molecule has 1 amide bonds. The molecule has 1 unspecified atom stereocenters. The molecule has 114 valence electrons. The van der Waals surface area contributed by atoms with E-state index in [0.717, 1.165) is 0 Å². The number of hydrogen-bond donors (Lipinski definition) is 2. The van der Waals surface area contributed by atoms with Crippen LogP contribution in [0.25, 0.3) is 0 Å². The van der Waals surface area contributed by atoms with Gasteiger partial charge in [-0.25, -0.2) is 9.18 Å². The SMILES string of the molecule is COC(=O)NC(Nc1ccccc1F)C(=O)c1ccccc1. The Balaban J connectivity index is 2.25. The summed E-state index contributed by atoms with van der Waals surface area (Å²) in [7, 11) is 1.18. The van der Waals surface area contributed by atoms with Crippen molar-refractivity contribution in [1.82, 2.24) is 5.32 Å². The Morgan fingerprint density at radius 3 is 2.32 bits per heavy atom. The van der Waals surface area contributed by atoms with Crippen LogP contribution in [0.15, 0.2) is 54.6 Å². The molecule has 0 radical (unpaired) electrons. The highest BCUT2D eigenvalue weighted by molar-refractivity contribution is 6.02. The van der Waals surface area contributed by atoms with Crippen LogP contribution in [-0.2, 0) is 4.74 Å². The van der Waals surface area contributed by atoms with Gasteiger partial charge in [-0.05, 0) is 12.1 Å². The van der Waals surface area contributed by atoms with Crippen molar-refractivity contribution in [2.24, 2.45) is 0 Å². The van der Waals surface area contributed by atoms with E-state index in [0.29, 0.717) is 5.56 Å². The number of carbonyl (C=O) groups is 2. The first-order valence-electron chi connectivity index (χ1n) is 6.56. The highest BCUT2D eigenvalue weighted by Gasteiger charge is 2.23. The molecule has 0 spiro atoms. The van der Waals surface area contributed by atoms with Crippen LogP contribution in [0.1, 0.15) is 10.4 Å². The molecule has 2 aromatic rings. The third kappa shape index (κ3) is 3.82. The predicted molar refractivity (Wildman–Crippen MR) is 80.1 cm³/mol. The van der Waals surface area contributed by atoms with Gasteiger partial charge in [-0.2, -0.15) is 0 Å². The van der Waals surface area contributed by atoms with Crippen molar-refractivity contribution in [2.75, 3.05) is 12.4 Å². The Kier molecular flexibility index (Phi) is 5.08. The van der Waals surface area contributed by atoms with E-state index in [2.05, 4.69) is 15.4 Å². The minimum absolute atomic E-state index is 0.105. The molecule has 2 aromatic carbocycles. The summed E-state index contributed by atoms with van der Waals surface area (Å²) in [4.78, 5) is 23.9. The van der Waals surface area contributed by atoms with Crippen molar-refractivity contribution in [3.63, 3.8) is 0 Å². The van der Waals surface area contributed by atoms with Gasteiger partial charge >= 0.3 is 6.09 Å². The number of hydrogen-bond acceptors (Lipinski definition) is 4. The molecule has 0 bridgehead atoms. The van der Waals surface area contributed by atoms with E-state index in [9.17, 15) is 14.0 Å². The molecule has 5 nitrogen and oxygen atoms in total. The highest BCUT2D eigenvalue weighted by atomic mass is 19.1. The molecule has 22 heavy (non-hydrogen) atoms. The number of halogens is 1. The van der Waals surface area contributed by atoms with Gasteiger partial charge < -0.3 is 10.1 Å². The average Bonchev–Trinajstić information content (AvgIpc) is 2.56. The fourth-order valence-electron chi connectivity index (χ4n) is 1.85. The Labute approximate surface area is 127 Å². The summed E-state index contributed by atoms with van der Waals surface area (Å²) in [6.07, 6.45) is -1.94. The third-order valence-electron chi connectivity index (χ3n) is 2.94. The zero-order valence-corrected chi connectivity index (χ0v) is 11.9. The first kappa shape index (κ1) is 15.5. The molecule has 2 rings (SSSR count). The number of rotatable bonds is 5. The second-order valence-electron chi connectivity index (χ2n) is 4.42. The van der Waals surface area contributed by atoms with Crippen LogP contribution in [0.5, 0.6) is 0 Å². The van der Waals surface area contributed by atoms with Crippen molar-refractivity contribution in [2.45, 2.75) is 6.17 Å². The topological polar surface area (TPSA) is 67.4 Å². The zero-order valence-electron chi connectivity index (χ0n) is 11.9. The monoisotopic (exact) mass is 302 g/mol. The summed E-state index contributed by atoms with van der Waals surface area (Å²) >= 11 is 0. The summed E-state index contributed by atoms with van der Waals surface area (Å²) in [5.74, 6) is -0.936. The maximum atomic E-state index is 13.7. The van der Waals surface area contributed by atoms with E-state index >= 15 is 0 Å². The number of anilines is 1. The molecule has 2 N–H and O–H groups in total. The largest absolute Gasteiger partial charge is 0.453 e. The van der Waals surface area contributed by atoms with Gasteiger partial charge in [-0.3, -0.25) is 10.1 Å². The van der Waals surface area contributed by atoms with Crippen LogP contribution in [-0.4, -0.2) is 25.2 Å². The molecular formula is C16H15FN2O3. The molecule has 0 fully saturated rings. The van der Waals surface area contributed by atoms with Gasteiger partial charge in [0.15, 0.2) is 6.17 Å². The van der Waals surface area contributed by atoms with Gasteiger partial charge in [-0.1, -0.05) is 42.5 Å². The van der Waals surface area contributed by atoms with E-state index in [1.54, 1.807) is 36.4 Å². The lowest BCUT2D eigenvalue weighted by molar-refractivity contribution is 0.0944. The summed E-state index contributed by atoms with van der Waals surface area (Å²) in [5, 5.41) is 5.03. The Hall–Kier alpha value is -2.89. The first-order chi connectivity index (χ1) is 10.6. The summed E-state index contributed by atoms with van der Waals surface area (Å²) in [6, 6.07) is 14.3. The molecule has 0 aliphatic rings. The van der Waals surface area contributed by atoms with Crippen LogP contribution in [0, 0.1) is 5.82 Å². The summed E-state index contributed by atoms with van der Waals surface area (Å²) in [5.41, 5.74) is 0.487.